The molecule has 1 aliphatic rings. The Morgan fingerprint density at radius 3 is 2.63 bits per heavy atom. The highest BCUT2D eigenvalue weighted by Crippen LogP contribution is 2.37. The molecule has 0 saturated carbocycles. The van der Waals surface area contributed by atoms with Gasteiger partial charge in [0, 0.05) is 6.54 Å². The third-order valence-electron chi connectivity index (χ3n) is 5.47. The number of ether oxygens (including phenoxy) is 1. The van der Waals surface area contributed by atoms with Crippen molar-refractivity contribution in [3.63, 3.8) is 0 Å². The van der Waals surface area contributed by atoms with E-state index in [1.807, 2.05) is 38.1 Å². The van der Waals surface area contributed by atoms with Crippen LogP contribution in [0.2, 0.25) is 6.82 Å². The van der Waals surface area contributed by atoms with Crippen LogP contribution in [-0.2, 0) is 19.7 Å². The van der Waals surface area contributed by atoms with Crippen molar-refractivity contribution in [3.05, 3.63) is 35.4 Å². The van der Waals surface area contributed by atoms with Gasteiger partial charge in [0.1, 0.15) is 6.04 Å². The summed E-state index contributed by atoms with van der Waals surface area (Å²) in [7, 11) is 0.820. The second kappa shape index (κ2) is 9.37. The van der Waals surface area contributed by atoms with E-state index in [-0.39, 0.29) is 11.9 Å². The number of nitrogens with one attached hydrogen (secondary N) is 1. The molecule has 2 rings (SSSR count). The molecule has 1 aromatic carbocycles. The molecule has 1 amide bonds. The number of hydrogen-bond acceptors (Lipinski definition) is 5. The van der Waals surface area contributed by atoms with Gasteiger partial charge in [-0.05, 0) is 58.5 Å². The molecule has 2 atom stereocenters. The highest BCUT2D eigenvalue weighted by molar-refractivity contribution is 6.45. The molecule has 1 heterocycles. The van der Waals surface area contributed by atoms with Crippen LogP contribution in [0.25, 0.3) is 0 Å². The monoisotopic (exact) mass is 374 g/mol. The van der Waals surface area contributed by atoms with Crippen molar-refractivity contribution >= 4 is 18.9 Å². The number of nitrogens with zero attached hydrogens (tertiary/aromatic N) is 1. The number of hydrogen-bond donors (Lipinski definition) is 2. The van der Waals surface area contributed by atoms with Crippen LogP contribution >= 0.6 is 0 Å². The van der Waals surface area contributed by atoms with Gasteiger partial charge in [-0.2, -0.15) is 0 Å². The second-order valence-electron chi connectivity index (χ2n) is 7.61. The third kappa shape index (κ3) is 5.11. The predicted molar refractivity (Wildman–Crippen MR) is 106 cm³/mol. The van der Waals surface area contributed by atoms with E-state index in [4.69, 9.17) is 4.74 Å². The summed E-state index contributed by atoms with van der Waals surface area (Å²) in [4.78, 5) is 27.3. The van der Waals surface area contributed by atoms with Gasteiger partial charge in [-0.15, -0.1) is 0 Å². The average Bonchev–Trinajstić information content (AvgIpc) is 2.94. The Labute approximate surface area is 162 Å². The summed E-state index contributed by atoms with van der Waals surface area (Å²) in [6.45, 7) is 6.87. The van der Waals surface area contributed by atoms with Crippen LogP contribution in [0.15, 0.2) is 24.3 Å². The molecule has 1 saturated heterocycles. The lowest BCUT2D eigenvalue weighted by Gasteiger charge is -2.29. The Hall–Kier alpha value is -1.86. The summed E-state index contributed by atoms with van der Waals surface area (Å²) in [5.41, 5.74) is 1.54. The topological polar surface area (TPSA) is 78.9 Å². The molecule has 1 aliphatic heterocycles. The van der Waals surface area contributed by atoms with Gasteiger partial charge in [0.25, 0.3) is 0 Å². The lowest BCUT2D eigenvalue weighted by Crippen LogP contribution is -2.46. The molecule has 0 aliphatic carbocycles. The predicted octanol–water partition coefficient (Wildman–Crippen LogP) is 1.90. The largest absolute Gasteiger partial charge is 0.467 e. The van der Waals surface area contributed by atoms with Gasteiger partial charge in [-0.3, -0.25) is 4.79 Å². The van der Waals surface area contributed by atoms with Crippen LogP contribution in [-0.4, -0.2) is 55.1 Å². The summed E-state index contributed by atoms with van der Waals surface area (Å²) in [5.74, 6) is -0.371. The first kappa shape index (κ1) is 21.4. The standard InChI is InChI=1S/C20H31BN2O4/c1-15-8-10-16(11-9-15)20(2)12-14-23(19(20)25)17(18(24)27-4)7-5-6-13-22-21(3)26/h8-11,17,22,26H,5-7,12-14H2,1-4H3/t17-,20+/m1/s1. The zero-order chi connectivity index (χ0) is 20.0. The third-order valence-corrected chi connectivity index (χ3v) is 5.47. The first-order valence-corrected chi connectivity index (χ1v) is 9.67. The minimum Gasteiger partial charge on any atom is -0.467 e. The fourth-order valence-corrected chi connectivity index (χ4v) is 3.67. The van der Waals surface area contributed by atoms with Crippen molar-refractivity contribution in [3.8, 4) is 0 Å². The van der Waals surface area contributed by atoms with Crippen molar-refractivity contribution in [1.29, 1.82) is 0 Å². The van der Waals surface area contributed by atoms with Crippen LogP contribution in [0, 0.1) is 6.92 Å². The molecule has 0 aromatic heterocycles. The number of rotatable bonds is 9. The van der Waals surface area contributed by atoms with Crippen LogP contribution < -0.4 is 5.23 Å². The lowest BCUT2D eigenvalue weighted by molar-refractivity contribution is -0.152. The highest BCUT2D eigenvalue weighted by atomic mass is 16.5. The molecule has 0 unspecified atom stereocenters. The fourth-order valence-electron chi connectivity index (χ4n) is 3.67. The van der Waals surface area contributed by atoms with Crippen molar-refractivity contribution in [2.75, 3.05) is 20.2 Å². The normalized spacial score (nSPS) is 20.6. The number of esters is 1. The molecule has 27 heavy (non-hydrogen) atoms. The molecule has 7 heteroatoms. The number of methoxy groups -OCH3 is 1. The zero-order valence-electron chi connectivity index (χ0n) is 16.8. The molecular formula is C20H31BN2O4. The maximum Gasteiger partial charge on any atom is 0.373 e. The van der Waals surface area contributed by atoms with Crippen molar-refractivity contribution in [1.82, 2.24) is 10.1 Å². The molecule has 2 N–H and O–H groups in total. The molecule has 0 bridgehead atoms. The summed E-state index contributed by atoms with van der Waals surface area (Å²) in [6, 6.07) is 7.49. The van der Waals surface area contributed by atoms with E-state index in [2.05, 4.69) is 5.23 Å². The molecule has 148 valence electrons. The smallest absolute Gasteiger partial charge is 0.373 e. The number of carbonyl (C=O) groups is 2. The average molecular weight is 374 g/mol. The quantitative estimate of drug-likeness (QED) is 0.392. The van der Waals surface area contributed by atoms with Gasteiger partial charge in [0.2, 0.25) is 5.91 Å². The maximum absolute atomic E-state index is 13.2. The SMILES string of the molecule is COC(=O)[C@@H](CCCCNB(C)O)N1CC[C@@](C)(c2ccc(C)cc2)C1=O. The van der Waals surface area contributed by atoms with Gasteiger partial charge in [0.15, 0.2) is 0 Å². The van der Waals surface area contributed by atoms with E-state index < -0.39 is 18.5 Å². The summed E-state index contributed by atoms with van der Waals surface area (Å²) in [6.07, 6.45) is 2.83. The number of benzene rings is 1. The Kier molecular flexibility index (Phi) is 7.45. The van der Waals surface area contributed by atoms with E-state index in [1.165, 1.54) is 7.11 Å². The van der Waals surface area contributed by atoms with Gasteiger partial charge < -0.3 is 19.9 Å². The lowest BCUT2D eigenvalue weighted by atomic mass is 9.81. The van der Waals surface area contributed by atoms with Crippen LogP contribution in [0.4, 0.5) is 0 Å². The Bertz CT molecular complexity index is 650. The Morgan fingerprint density at radius 2 is 2.04 bits per heavy atom. The summed E-state index contributed by atoms with van der Waals surface area (Å²) in [5, 5.41) is 12.2. The Balaban J connectivity index is 2.06. The minimum atomic E-state index is -0.603. The van der Waals surface area contributed by atoms with Gasteiger partial charge in [0.05, 0.1) is 12.5 Å². The van der Waals surface area contributed by atoms with E-state index in [9.17, 15) is 14.6 Å². The highest BCUT2D eigenvalue weighted by Gasteiger charge is 2.47. The van der Waals surface area contributed by atoms with Crippen LogP contribution in [0.3, 0.4) is 0 Å². The second-order valence-corrected chi connectivity index (χ2v) is 7.61. The van der Waals surface area contributed by atoms with E-state index in [0.29, 0.717) is 25.9 Å². The molecule has 1 aromatic rings. The number of aryl methyl sites for hydroxylation is 1. The first-order chi connectivity index (χ1) is 12.8. The number of likely N-dealkylation sites (tertiary alicyclic amines) is 1. The van der Waals surface area contributed by atoms with Crippen LogP contribution in [0.1, 0.15) is 43.7 Å². The van der Waals surface area contributed by atoms with Gasteiger partial charge >= 0.3 is 13.0 Å². The number of unbranched alkanes of at least 4 members (excludes halogenated alkanes) is 1. The molecule has 6 nitrogen and oxygen atoms in total. The molecule has 1 fully saturated rings. The van der Waals surface area contributed by atoms with Crippen molar-refractivity contribution in [2.45, 2.75) is 57.8 Å². The Morgan fingerprint density at radius 1 is 1.37 bits per heavy atom. The van der Waals surface area contributed by atoms with E-state index in [0.717, 1.165) is 24.0 Å². The zero-order valence-corrected chi connectivity index (χ0v) is 16.8. The van der Waals surface area contributed by atoms with Gasteiger partial charge in [-0.25, -0.2) is 4.79 Å². The first-order valence-electron chi connectivity index (χ1n) is 9.67. The van der Waals surface area contributed by atoms with E-state index >= 15 is 0 Å². The van der Waals surface area contributed by atoms with Crippen LogP contribution in [0.5, 0.6) is 0 Å². The summed E-state index contributed by atoms with van der Waals surface area (Å²) >= 11 is 0. The van der Waals surface area contributed by atoms with Crippen molar-refractivity contribution in [2.24, 2.45) is 0 Å². The van der Waals surface area contributed by atoms with E-state index in [1.54, 1.807) is 11.7 Å². The minimum absolute atomic E-state index is 0.0103. The number of amides is 1. The van der Waals surface area contributed by atoms with Crippen molar-refractivity contribution < 1.29 is 19.3 Å². The molecule has 0 spiro atoms. The van der Waals surface area contributed by atoms with Gasteiger partial charge in [-0.1, -0.05) is 29.8 Å². The number of carbonyl (C=O) groups excluding carboxylic acids is 2. The fraction of sp³-hybridized carbons (Fsp3) is 0.600. The molecule has 0 radical (unpaired) electrons. The summed E-state index contributed by atoms with van der Waals surface area (Å²) < 4.78 is 4.97. The molecular weight excluding hydrogens is 343 g/mol. The maximum atomic E-state index is 13.2.